The molecule has 0 unspecified atom stereocenters. The van der Waals surface area contributed by atoms with Crippen molar-refractivity contribution in [2.45, 2.75) is 26.3 Å². The summed E-state index contributed by atoms with van der Waals surface area (Å²) in [7, 11) is 0. The molecule has 3 rings (SSSR count). The summed E-state index contributed by atoms with van der Waals surface area (Å²) >= 11 is 0. The molecule has 0 spiro atoms. The number of rotatable bonds is 6. The van der Waals surface area contributed by atoms with E-state index in [2.05, 4.69) is 66.1 Å². The zero-order valence-electron chi connectivity index (χ0n) is 15.9. The average molecular weight is 351 g/mol. The summed E-state index contributed by atoms with van der Waals surface area (Å²) in [6, 6.07) is 18.8. The number of allylic oxidation sites excluding steroid dienone is 1. The van der Waals surface area contributed by atoms with Gasteiger partial charge in [-0.15, -0.1) is 0 Å². The summed E-state index contributed by atoms with van der Waals surface area (Å²) in [5.74, 6) is 0.348. The molecule has 1 aliphatic heterocycles. The van der Waals surface area contributed by atoms with Crippen molar-refractivity contribution in [3.63, 3.8) is 0 Å². The number of aromatic hydroxyl groups is 1. The van der Waals surface area contributed by atoms with Crippen LogP contribution in [0.2, 0.25) is 0 Å². The lowest BCUT2D eigenvalue weighted by molar-refractivity contribution is 0.102. The van der Waals surface area contributed by atoms with E-state index in [0.717, 1.165) is 39.1 Å². The van der Waals surface area contributed by atoms with Crippen LogP contribution in [-0.4, -0.2) is 47.6 Å². The van der Waals surface area contributed by atoms with Crippen molar-refractivity contribution < 1.29 is 5.11 Å². The number of nitrogens with zero attached hydrogens (tertiary/aromatic N) is 2. The largest absolute Gasteiger partial charge is 0.508 e. The molecule has 0 saturated carbocycles. The van der Waals surface area contributed by atoms with Gasteiger partial charge in [-0.2, -0.15) is 0 Å². The van der Waals surface area contributed by atoms with Gasteiger partial charge < -0.3 is 5.11 Å². The Bertz CT molecular complexity index is 714. The molecule has 2 aromatic rings. The summed E-state index contributed by atoms with van der Waals surface area (Å²) < 4.78 is 0. The number of hydrogen-bond acceptors (Lipinski definition) is 3. The molecular weight excluding hydrogens is 320 g/mol. The second-order valence-electron chi connectivity index (χ2n) is 7.42. The molecule has 0 amide bonds. The van der Waals surface area contributed by atoms with Crippen LogP contribution in [-0.2, 0) is 6.42 Å². The van der Waals surface area contributed by atoms with Crippen LogP contribution >= 0.6 is 0 Å². The molecule has 1 saturated heterocycles. The molecule has 0 bridgehead atoms. The maximum atomic E-state index is 9.82. The topological polar surface area (TPSA) is 26.7 Å². The Labute approximate surface area is 157 Å². The lowest BCUT2D eigenvalue weighted by atomic mass is 9.96. The molecule has 1 atom stereocenters. The van der Waals surface area contributed by atoms with E-state index in [9.17, 15) is 5.11 Å². The summed E-state index contributed by atoms with van der Waals surface area (Å²) in [5, 5.41) is 9.82. The molecule has 2 aromatic carbocycles. The minimum atomic E-state index is 0.348. The van der Waals surface area contributed by atoms with Gasteiger partial charge in [0.1, 0.15) is 5.75 Å². The van der Waals surface area contributed by atoms with Gasteiger partial charge >= 0.3 is 0 Å². The first kappa shape index (κ1) is 18.7. The zero-order valence-corrected chi connectivity index (χ0v) is 15.9. The van der Waals surface area contributed by atoms with Crippen molar-refractivity contribution >= 4 is 0 Å². The Kier molecular flexibility index (Phi) is 6.48. The molecule has 1 fully saturated rings. The number of piperazine rings is 1. The minimum absolute atomic E-state index is 0.348. The van der Waals surface area contributed by atoms with Crippen molar-refractivity contribution in [1.29, 1.82) is 0 Å². The SMILES string of the molecule is CC(C)=CCN1CCN([C@H](Cc2cccc(O)c2)c2ccccc2)CC1. The first-order valence-corrected chi connectivity index (χ1v) is 9.54. The van der Waals surface area contributed by atoms with Gasteiger partial charge in [0.2, 0.25) is 0 Å². The molecular formula is C23H30N2O. The quantitative estimate of drug-likeness (QED) is 0.789. The van der Waals surface area contributed by atoms with E-state index in [4.69, 9.17) is 0 Å². The van der Waals surface area contributed by atoms with Gasteiger partial charge in [-0.1, -0.05) is 54.1 Å². The molecule has 3 nitrogen and oxygen atoms in total. The van der Waals surface area contributed by atoms with E-state index >= 15 is 0 Å². The van der Waals surface area contributed by atoms with Gasteiger partial charge in [0.25, 0.3) is 0 Å². The van der Waals surface area contributed by atoms with E-state index in [1.165, 1.54) is 16.7 Å². The second-order valence-corrected chi connectivity index (χ2v) is 7.42. The molecule has 0 aliphatic carbocycles. The average Bonchev–Trinajstić information content (AvgIpc) is 2.66. The molecule has 1 N–H and O–H groups in total. The third-order valence-corrected chi connectivity index (χ3v) is 5.13. The summed E-state index contributed by atoms with van der Waals surface area (Å²) in [6.07, 6.45) is 3.24. The molecule has 0 aromatic heterocycles. The summed E-state index contributed by atoms with van der Waals surface area (Å²) in [4.78, 5) is 5.12. The van der Waals surface area contributed by atoms with E-state index in [1.807, 2.05) is 12.1 Å². The van der Waals surface area contributed by atoms with Crippen LogP contribution < -0.4 is 0 Å². The molecule has 1 aliphatic rings. The van der Waals surface area contributed by atoms with Gasteiger partial charge in [-0.3, -0.25) is 9.80 Å². The molecule has 0 radical (unpaired) electrons. The van der Waals surface area contributed by atoms with Crippen molar-refractivity contribution in [2.24, 2.45) is 0 Å². The van der Waals surface area contributed by atoms with E-state index in [-0.39, 0.29) is 0 Å². The highest BCUT2D eigenvalue weighted by Gasteiger charge is 2.25. The number of phenolic OH excluding ortho intramolecular Hbond substituents is 1. The van der Waals surface area contributed by atoms with Crippen LogP contribution in [0.25, 0.3) is 0 Å². The smallest absolute Gasteiger partial charge is 0.115 e. The van der Waals surface area contributed by atoms with E-state index in [0.29, 0.717) is 11.8 Å². The molecule has 26 heavy (non-hydrogen) atoms. The lowest BCUT2D eigenvalue weighted by Gasteiger charge is -2.39. The highest BCUT2D eigenvalue weighted by atomic mass is 16.3. The van der Waals surface area contributed by atoms with Crippen LogP contribution in [0.5, 0.6) is 5.75 Å². The third-order valence-electron chi connectivity index (χ3n) is 5.13. The minimum Gasteiger partial charge on any atom is -0.508 e. The Morgan fingerprint density at radius 3 is 2.38 bits per heavy atom. The third kappa shape index (κ3) is 5.20. The fraction of sp³-hybridized carbons (Fsp3) is 0.391. The van der Waals surface area contributed by atoms with E-state index in [1.54, 1.807) is 6.07 Å². The number of benzene rings is 2. The first-order valence-electron chi connectivity index (χ1n) is 9.54. The van der Waals surface area contributed by atoms with Gasteiger partial charge in [-0.25, -0.2) is 0 Å². The second kappa shape index (κ2) is 9.02. The van der Waals surface area contributed by atoms with Crippen LogP contribution in [0.3, 0.4) is 0 Å². The van der Waals surface area contributed by atoms with Crippen LogP contribution in [0.1, 0.15) is 31.0 Å². The van der Waals surface area contributed by atoms with Crippen molar-refractivity contribution in [3.8, 4) is 5.75 Å². The zero-order chi connectivity index (χ0) is 18.4. The van der Waals surface area contributed by atoms with Gasteiger partial charge in [0, 0.05) is 38.8 Å². The summed E-state index contributed by atoms with van der Waals surface area (Å²) in [5.41, 5.74) is 3.93. The fourth-order valence-electron chi connectivity index (χ4n) is 3.61. The van der Waals surface area contributed by atoms with Crippen molar-refractivity contribution in [1.82, 2.24) is 9.80 Å². The predicted octanol–water partition coefficient (Wildman–Crippen LogP) is 4.26. The maximum absolute atomic E-state index is 9.82. The van der Waals surface area contributed by atoms with Crippen LogP contribution in [0.4, 0.5) is 0 Å². The fourth-order valence-corrected chi connectivity index (χ4v) is 3.61. The van der Waals surface area contributed by atoms with E-state index < -0.39 is 0 Å². The Hall–Kier alpha value is -2.10. The van der Waals surface area contributed by atoms with Crippen molar-refractivity contribution in [3.05, 3.63) is 77.4 Å². The highest BCUT2D eigenvalue weighted by molar-refractivity contribution is 5.30. The van der Waals surface area contributed by atoms with Crippen molar-refractivity contribution in [2.75, 3.05) is 32.7 Å². The lowest BCUT2D eigenvalue weighted by Crippen LogP contribution is -2.48. The molecule has 3 heteroatoms. The monoisotopic (exact) mass is 350 g/mol. The van der Waals surface area contributed by atoms with Gasteiger partial charge in [0.05, 0.1) is 0 Å². The van der Waals surface area contributed by atoms with Gasteiger partial charge in [0.15, 0.2) is 0 Å². The standard InChI is InChI=1S/C23H30N2O/c1-19(2)11-12-24-13-15-25(16-14-24)23(21-8-4-3-5-9-21)18-20-7-6-10-22(26)17-20/h3-11,17,23,26H,12-16,18H2,1-2H3/t23-/m1/s1. The molecule has 138 valence electrons. The Morgan fingerprint density at radius 2 is 1.73 bits per heavy atom. The summed E-state index contributed by atoms with van der Waals surface area (Å²) in [6.45, 7) is 9.75. The van der Waals surface area contributed by atoms with Crippen LogP contribution in [0, 0.1) is 0 Å². The predicted molar refractivity (Wildman–Crippen MR) is 108 cm³/mol. The first-order chi connectivity index (χ1) is 12.6. The number of phenols is 1. The molecule has 1 heterocycles. The van der Waals surface area contributed by atoms with Gasteiger partial charge in [-0.05, 0) is 43.5 Å². The van der Waals surface area contributed by atoms with Crippen LogP contribution in [0.15, 0.2) is 66.2 Å². The maximum Gasteiger partial charge on any atom is 0.115 e. The normalized spacial score (nSPS) is 17.0. The Balaban J connectivity index is 1.71. The Morgan fingerprint density at radius 1 is 1.00 bits per heavy atom. The highest BCUT2D eigenvalue weighted by Crippen LogP contribution is 2.27. The number of hydrogen-bond donors (Lipinski definition) is 1.